The van der Waals surface area contributed by atoms with E-state index in [0.717, 1.165) is 28.8 Å². The summed E-state index contributed by atoms with van der Waals surface area (Å²) in [6.45, 7) is 0. The number of aryl methyl sites for hydroxylation is 1. The number of nitrogens with zero attached hydrogens (tertiary/aromatic N) is 2. The van der Waals surface area contributed by atoms with Gasteiger partial charge in [-0.3, -0.25) is 9.59 Å². The number of aromatic nitrogens is 2. The molecule has 8 nitrogen and oxygen atoms in total. The quantitative estimate of drug-likeness (QED) is 0.530. The van der Waals surface area contributed by atoms with Gasteiger partial charge >= 0.3 is 23.8 Å². The smallest absolute Gasteiger partial charge is 0.320 e. The summed E-state index contributed by atoms with van der Waals surface area (Å²) in [5.41, 5.74) is 3.30. The molecule has 1 atom stereocenters. The Kier molecular flexibility index (Phi) is 5.61. The lowest BCUT2D eigenvalue weighted by Crippen LogP contribution is -2.35. The molecule has 3 N–H and O–H groups in total. The van der Waals surface area contributed by atoms with Crippen LogP contribution in [-0.2, 0) is 24.1 Å². The predicted octanol–water partition coefficient (Wildman–Crippen LogP) is 3.01. The predicted molar refractivity (Wildman–Crippen MR) is 105 cm³/mol. The van der Waals surface area contributed by atoms with Crippen molar-refractivity contribution in [3.63, 3.8) is 0 Å². The Morgan fingerprint density at radius 1 is 1.06 bits per heavy atom. The second-order valence-electron chi connectivity index (χ2n) is 7.24. The van der Waals surface area contributed by atoms with Gasteiger partial charge in [0.2, 0.25) is 0 Å². The van der Waals surface area contributed by atoms with E-state index in [4.69, 9.17) is 9.52 Å². The van der Waals surface area contributed by atoms with Crippen LogP contribution < -0.4 is 10.6 Å². The fourth-order valence-electron chi connectivity index (χ4n) is 3.49. The highest BCUT2D eigenvalue weighted by atomic mass is 19.2. The maximum Gasteiger partial charge on any atom is 0.320 e. The molecule has 1 heterocycles. The molecular formula is C21H18F2N4O4. The average molecular weight is 428 g/mol. The lowest BCUT2D eigenvalue weighted by atomic mass is 10.0. The summed E-state index contributed by atoms with van der Waals surface area (Å²) in [5.74, 6) is -3.67. The largest absolute Gasteiger partial charge is 0.481 e. The molecule has 4 rings (SSSR count). The van der Waals surface area contributed by atoms with E-state index in [-0.39, 0.29) is 30.1 Å². The van der Waals surface area contributed by atoms with Gasteiger partial charge < -0.3 is 20.2 Å². The van der Waals surface area contributed by atoms with Crippen LogP contribution in [0.2, 0.25) is 0 Å². The second-order valence-corrected chi connectivity index (χ2v) is 7.24. The van der Waals surface area contributed by atoms with Crippen LogP contribution in [0.5, 0.6) is 0 Å². The minimum Gasteiger partial charge on any atom is -0.481 e. The fourth-order valence-corrected chi connectivity index (χ4v) is 3.49. The first-order valence-electron chi connectivity index (χ1n) is 9.56. The van der Waals surface area contributed by atoms with Gasteiger partial charge in [-0.2, -0.15) is 0 Å². The molecule has 1 unspecified atom stereocenters. The zero-order chi connectivity index (χ0) is 22.0. The van der Waals surface area contributed by atoms with Crippen molar-refractivity contribution in [1.29, 1.82) is 0 Å². The van der Waals surface area contributed by atoms with Gasteiger partial charge in [-0.15, -0.1) is 5.10 Å². The Morgan fingerprint density at radius 2 is 1.87 bits per heavy atom. The fraction of sp³-hybridized carbons (Fsp3) is 0.238. The molecule has 3 aromatic rings. The third kappa shape index (κ3) is 4.85. The molecule has 0 aliphatic heterocycles. The van der Waals surface area contributed by atoms with E-state index >= 15 is 0 Å². The van der Waals surface area contributed by atoms with Crippen LogP contribution in [0.3, 0.4) is 0 Å². The van der Waals surface area contributed by atoms with Crippen LogP contribution in [0.4, 0.5) is 20.5 Å². The molecule has 1 aliphatic carbocycles. The lowest BCUT2D eigenvalue weighted by molar-refractivity contribution is -0.136. The summed E-state index contributed by atoms with van der Waals surface area (Å²) in [6.07, 6.45) is 1.76. The van der Waals surface area contributed by atoms with Crippen molar-refractivity contribution in [2.45, 2.75) is 31.7 Å². The highest BCUT2D eigenvalue weighted by Gasteiger charge is 2.25. The number of rotatable bonds is 7. The van der Waals surface area contributed by atoms with Gasteiger partial charge in [0, 0.05) is 24.2 Å². The molecule has 2 aromatic carbocycles. The number of aliphatic carboxylic acids is 1. The van der Waals surface area contributed by atoms with Crippen molar-refractivity contribution in [3.05, 3.63) is 70.6 Å². The van der Waals surface area contributed by atoms with E-state index < -0.39 is 23.5 Å². The molecule has 1 amide bonds. The van der Waals surface area contributed by atoms with Crippen LogP contribution in [-0.4, -0.2) is 33.2 Å². The van der Waals surface area contributed by atoms with E-state index in [1.807, 2.05) is 18.2 Å². The van der Waals surface area contributed by atoms with Crippen LogP contribution >= 0.6 is 0 Å². The van der Waals surface area contributed by atoms with Gasteiger partial charge in [-0.05, 0) is 48.1 Å². The topological polar surface area (TPSA) is 117 Å². The average Bonchev–Trinajstić information content (AvgIpc) is 3.35. The number of carboxylic acid groups (broad SMARTS) is 1. The van der Waals surface area contributed by atoms with Gasteiger partial charge in [0.25, 0.3) is 0 Å². The van der Waals surface area contributed by atoms with E-state index in [0.29, 0.717) is 19.3 Å². The molecular weight excluding hydrogens is 410 g/mol. The number of halogens is 2. The molecule has 10 heteroatoms. The van der Waals surface area contributed by atoms with E-state index in [1.54, 1.807) is 0 Å². The first-order valence-corrected chi connectivity index (χ1v) is 9.56. The maximum absolute atomic E-state index is 13.3. The van der Waals surface area contributed by atoms with Gasteiger partial charge in [0.05, 0.1) is 0 Å². The van der Waals surface area contributed by atoms with Crippen molar-refractivity contribution in [2.24, 2.45) is 0 Å². The van der Waals surface area contributed by atoms with Crippen molar-refractivity contribution in [1.82, 2.24) is 15.5 Å². The monoisotopic (exact) mass is 428 g/mol. The second kappa shape index (κ2) is 8.50. The third-order valence-electron chi connectivity index (χ3n) is 4.96. The van der Waals surface area contributed by atoms with Crippen LogP contribution in [0.25, 0.3) is 0 Å². The van der Waals surface area contributed by atoms with E-state index in [9.17, 15) is 18.4 Å². The van der Waals surface area contributed by atoms with Crippen molar-refractivity contribution >= 4 is 23.6 Å². The number of hydrogen-bond acceptors (Lipinski definition) is 6. The number of carbonyl (C=O) groups excluding carboxylic acids is 1. The summed E-state index contributed by atoms with van der Waals surface area (Å²) in [6, 6.07) is 8.71. The maximum atomic E-state index is 13.3. The summed E-state index contributed by atoms with van der Waals surface area (Å²) < 4.78 is 31.6. The Morgan fingerprint density at radius 3 is 2.65 bits per heavy atom. The highest BCUT2D eigenvalue weighted by Crippen LogP contribution is 2.24. The summed E-state index contributed by atoms with van der Waals surface area (Å²) >= 11 is 0. The number of anilines is 2. The molecule has 0 fully saturated rings. The number of carbonyl (C=O) groups is 2. The Hall–Kier alpha value is -3.82. The van der Waals surface area contributed by atoms with Crippen LogP contribution in [0.1, 0.15) is 33.8 Å². The van der Waals surface area contributed by atoms with Gasteiger partial charge in [0.1, 0.15) is 0 Å². The molecule has 31 heavy (non-hydrogen) atoms. The zero-order valence-corrected chi connectivity index (χ0v) is 16.2. The Bertz CT molecular complexity index is 1150. The van der Waals surface area contributed by atoms with E-state index in [1.165, 1.54) is 6.07 Å². The van der Waals surface area contributed by atoms with Crippen LogP contribution in [0.15, 0.2) is 40.8 Å². The SMILES string of the molecule is O=C(O)CCc1ccc2c(c1)CC(NC(=O)c1nnc(Nc3ccc(F)c(F)c3)o1)C2. The third-order valence-corrected chi connectivity index (χ3v) is 4.96. The minimum atomic E-state index is -1.03. The minimum absolute atomic E-state index is 0.0665. The van der Waals surface area contributed by atoms with Crippen molar-refractivity contribution in [2.75, 3.05) is 5.32 Å². The molecule has 0 radical (unpaired) electrons. The highest BCUT2D eigenvalue weighted by molar-refractivity contribution is 5.90. The van der Waals surface area contributed by atoms with Gasteiger partial charge in [-0.1, -0.05) is 23.3 Å². The van der Waals surface area contributed by atoms with Crippen molar-refractivity contribution in [3.8, 4) is 0 Å². The number of carboxylic acids is 1. The Labute approximate surface area is 175 Å². The lowest BCUT2D eigenvalue weighted by Gasteiger charge is -2.09. The molecule has 160 valence electrons. The standard InChI is InChI=1S/C21H18F2N4O4/c22-16-5-4-14(10-17(16)23)25-21-27-26-20(31-21)19(30)24-15-8-12-3-1-11(2-6-18(28)29)7-13(12)9-15/h1,3-5,7,10,15H,2,6,8-9H2,(H,24,30)(H,25,27)(H,28,29). The zero-order valence-electron chi connectivity index (χ0n) is 16.2. The van der Waals surface area contributed by atoms with E-state index in [2.05, 4.69) is 20.8 Å². The molecule has 1 aliphatic rings. The molecule has 0 bridgehead atoms. The molecule has 0 spiro atoms. The van der Waals surface area contributed by atoms with Crippen LogP contribution in [0, 0.1) is 11.6 Å². The number of amides is 1. The first kappa shape index (κ1) is 20.5. The summed E-state index contributed by atoms with van der Waals surface area (Å²) in [4.78, 5) is 23.2. The molecule has 1 aromatic heterocycles. The first-order chi connectivity index (χ1) is 14.9. The Balaban J connectivity index is 1.35. The van der Waals surface area contributed by atoms with Gasteiger partial charge in [-0.25, -0.2) is 8.78 Å². The number of benzene rings is 2. The van der Waals surface area contributed by atoms with Crippen molar-refractivity contribution < 1.29 is 27.9 Å². The normalized spacial score (nSPS) is 14.8. The molecule has 0 saturated heterocycles. The number of nitrogens with one attached hydrogen (secondary N) is 2. The summed E-state index contributed by atoms with van der Waals surface area (Å²) in [5, 5.41) is 21.6. The molecule has 0 saturated carbocycles. The number of fused-ring (bicyclic) bond motifs is 1. The summed E-state index contributed by atoms with van der Waals surface area (Å²) in [7, 11) is 0. The van der Waals surface area contributed by atoms with Gasteiger partial charge in [0.15, 0.2) is 11.6 Å². The number of hydrogen-bond donors (Lipinski definition) is 3.